The van der Waals surface area contributed by atoms with Gasteiger partial charge in [-0.15, -0.1) is 0 Å². The second-order valence-corrected chi connectivity index (χ2v) is 2.73. The minimum absolute atomic E-state index is 0.424. The third-order valence-corrected chi connectivity index (χ3v) is 1.93. The fourth-order valence-corrected chi connectivity index (χ4v) is 1.30. The Kier molecular flexibility index (Phi) is 3.32. The van der Waals surface area contributed by atoms with Crippen molar-refractivity contribution in [1.29, 1.82) is 0 Å². The average molecular weight is 156 g/mol. The van der Waals surface area contributed by atoms with E-state index in [0.717, 1.165) is 25.9 Å². The van der Waals surface area contributed by atoms with Crippen LogP contribution in [0, 0.1) is 0 Å². The topological polar surface area (TPSA) is 53.6 Å². The Morgan fingerprint density at radius 1 is 1.55 bits per heavy atom. The fraction of sp³-hybridized carbons (Fsp3) is 0.857. The van der Waals surface area contributed by atoms with Crippen LogP contribution in [-0.2, 0) is 0 Å². The lowest BCUT2D eigenvalue weighted by Crippen LogP contribution is -2.43. The highest BCUT2D eigenvalue weighted by Crippen LogP contribution is 2.07. The van der Waals surface area contributed by atoms with Gasteiger partial charge in [-0.1, -0.05) is 0 Å². The molecule has 0 aliphatic carbocycles. The Balaban J connectivity index is 2.32. The van der Waals surface area contributed by atoms with Gasteiger partial charge in [-0.25, -0.2) is 11.0 Å². The lowest BCUT2D eigenvalue weighted by Gasteiger charge is -2.28. The summed E-state index contributed by atoms with van der Waals surface area (Å²) in [5, 5.41) is 8.85. The SMILES string of the molecule is C/C=N\N(N)C1CCNCC1. The van der Waals surface area contributed by atoms with Gasteiger partial charge in [-0.3, -0.25) is 0 Å². The molecule has 0 atom stereocenters. The summed E-state index contributed by atoms with van der Waals surface area (Å²) in [7, 11) is 0. The van der Waals surface area contributed by atoms with Crippen LogP contribution in [0.25, 0.3) is 0 Å². The average Bonchev–Trinajstić information content (AvgIpc) is 2.07. The molecule has 1 fully saturated rings. The minimum atomic E-state index is 0.424. The van der Waals surface area contributed by atoms with Gasteiger partial charge in [-0.05, 0) is 32.9 Å². The molecule has 11 heavy (non-hydrogen) atoms. The van der Waals surface area contributed by atoms with Crippen molar-refractivity contribution >= 4 is 6.21 Å². The van der Waals surface area contributed by atoms with E-state index in [1.807, 2.05) is 6.92 Å². The first-order valence-corrected chi connectivity index (χ1v) is 4.08. The van der Waals surface area contributed by atoms with Crippen LogP contribution in [0.1, 0.15) is 19.8 Å². The van der Waals surface area contributed by atoms with Crippen molar-refractivity contribution in [2.75, 3.05) is 13.1 Å². The Labute approximate surface area is 67.4 Å². The summed E-state index contributed by atoms with van der Waals surface area (Å²) < 4.78 is 0. The Morgan fingerprint density at radius 2 is 2.18 bits per heavy atom. The van der Waals surface area contributed by atoms with Crippen LogP contribution < -0.4 is 11.2 Å². The van der Waals surface area contributed by atoms with E-state index in [0.29, 0.717) is 6.04 Å². The maximum absolute atomic E-state index is 5.67. The largest absolute Gasteiger partial charge is 0.317 e. The summed E-state index contributed by atoms with van der Waals surface area (Å²) in [6, 6.07) is 0.424. The summed E-state index contributed by atoms with van der Waals surface area (Å²) >= 11 is 0. The molecule has 0 spiro atoms. The number of hydrazine groups is 1. The van der Waals surface area contributed by atoms with Gasteiger partial charge in [0.05, 0.1) is 6.04 Å². The van der Waals surface area contributed by atoms with Gasteiger partial charge < -0.3 is 5.32 Å². The first-order valence-electron chi connectivity index (χ1n) is 4.08. The highest BCUT2D eigenvalue weighted by molar-refractivity contribution is 5.52. The van der Waals surface area contributed by atoms with Gasteiger partial charge in [0.1, 0.15) is 0 Å². The first kappa shape index (κ1) is 8.49. The predicted molar refractivity (Wildman–Crippen MR) is 46.1 cm³/mol. The Bertz CT molecular complexity index is 128. The third-order valence-electron chi connectivity index (χ3n) is 1.93. The number of nitrogens with two attached hydrogens (primary N) is 1. The number of hydrogen-bond acceptors (Lipinski definition) is 4. The van der Waals surface area contributed by atoms with Crippen molar-refractivity contribution in [3.63, 3.8) is 0 Å². The maximum atomic E-state index is 5.67. The molecule has 0 unspecified atom stereocenters. The van der Waals surface area contributed by atoms with E-state index in [4.69, 9.17) is 5.84 Å². The molecule has 1 heterocycles. The molecule has 1 aliphatic rings. The Hall–Kier alpha value is -0.610. The molecule has 1 rings (SSSR count). The van der Waals surface area contributed by atoms with Crippen LogP contribution >= 0.6 is 0 Å². The molecule has 0 radical (unpaired) electrons. The van der Waals surface area contributed by atoms with Crippen LogP contribution in [0.5, 0.6) is 0 Å². The molecule has 4 heteroatoms. The van der Waals surface area contributed by atoms with E-state index < -0.39 is 0 Å². The summed E-state index contributed by atoms with van der Waals surface area (Å²) in [6.45, 7) is 3.98. The summed E-state index contributed by atoms with van der Waals surface area (Å²) in [5.74, 6) is 5.67. The highest BCUT2D eigenvalue weighted by atomic mass is 15.6. The zero-order valence-corrected chi connectivity index (χ0v) is 6.95. The molecule has 64 valence electrons. The number of nitrogens with one attached hydrogen (secondary N) is 1. The quantitative estimate of drug-likeness (QED) is 0.334. The number of hydrazone groups is 1. The van der Waals surface area contributed by atoms with Crippen molar-refractivity contribution in [3.05, 3.63) is 0 Å². The van der Waals surface area contributed by atoms with E-state index in [1.165, 1.54) is 0 Å². The second-order valence-electron chi connectivity index (χ2n) is 2.73. The van der Waals surface area contributed by atoms with E-state index in [9.17, 15) is 0 Å². The second kappa shape index (κ2) is 4.31. The molecular formula is C7H16N4. The van der Waals surface area contributed by atoms with Gasteiger partial charge >= 0.3 is 0 Å². The maximum Gasteiger partial charge on any atom is 0.0664 e. The summed E-state index contributed by atoms with van der Waals surface area (Å²) in [5.41, 5.74) is 0. The van der Waals surface area contributed by atoms with Crippen LogP contribution in [0.4, 0.5) is 0 Å². The minimum Gasteiger partial charge on any atom is -0.317 e. The smallest absolute Gasteiger partial charge is 0.0664 e. The molecule has 0 aromatic heterocycles. The fourth-order valence-electron chi connectivity index (χ4n) is 1.30. The Morgan fingerprint density at radius 3 is 2.73 bits per heavy atom. The predicted octanol–water partition coefficient (Wildman–Crippen LogP) is -0.0802. The van der Waals surface area contributed by atoms with Crippen LogP contribution in [0.2, 0.25) is 0 Å². The molecule has 1 saturated heterocycles. The lowest BCUT2D eigenvalue weighted by molar-refractivity contribution is 0.172. The standard InChI is InChI=1S/C7H16N4/c1-2-10-11(8)7-3-5-9-6-4-7/h2,7,9H,3-6,8H2,1H3/b10-2-. The summed E-state index contributed by atoms with van der Waals surface area (Å²) in [4.78, 5) is 0. The van der Waals surface area contributed by atoms with Crippen LogP contribution in [-0.4, -0.2) is 30.5 Å². The number of hydrogen-bond donors (Lipinski definition) is 2. The molecule has 0 amide bonds. The molecule has 0 saturated carbocycles. The van der Waals surface area contributed by atoms with Gasteiger partial charge in [0.15, 0.2) is 0 Å². The van der Waals surface area contributed by atoms with E-state index >= 15 is 0 Å². The van der Waals surface area contributed by atoms with Crippen LogP contribution in [0.3, 0.4) is 0 Å². The normalized spacial score (nSPS) is 20.9. The molecule has 0 bridgehead atoms. The van der Waals surface area contributed by atoms with Crippen molar-refractivity contribution < 1.29 is 0 Å². The van der Waals surface area contributed by atoms with Crippen LogP contribution in [0.15, 0.2) is 5.10 Å². The highest BCUT2D eigenvalue weighted by Gasteiger charge is 2.16. The van der Waals surface area contributed by atoms with Crippen molar-refractivity contribution in [2.45, 2.75) is 25.8 Å². The molecule has 1 aliphatic heterocycles. The van der Waals surface area contributed by atoms with Gasteiger partial charge in [0.25, 0.3) is 0 Å². The van der Waals surface area contributed by atoms with E-state index in [-0.39, 0.29) is 0 Å². The van der Waals surface area contributed by atoms with Crippen molar-refractivity contribution in [2.24, 2.45) is 10.9 Å². The van der Waals surface area contributed by atoms with E-state index in [1.54, 1.807) is 11.3 Å². The lowest BCUT2D eigenvalue weighted by atomic mass is 10.1. The van der Waals surface area contributed by atoms with Gasteiger partial charge in [0, 0.05) is 6.21 Å². The van der Waals surface area contributed by atoms with Gasteiger partial charge in [0.2, 0.25) is 0 Å². The summed E-state index contributed by atoms with van der Waals surface area (Å²) in [6.07, 6.45) is 3.91. The first-order chi connectivity index (χ1) is 5.34. The molecule has 3 N–H and O–H groups in total. The zero-order chi connectivity index (χ0) is 8.10. The van der Waals surface area contributed by atoms with Gasteiger partial charge in [-0.2, -0.15) is 5.10 Å². The zero-order valence-electron chi connectivity index (χ0n) is 6.95. The number of piperidine rings is 1. The molecular weight excluding hydrogens is 140 g/mol. The van der Waals surface area contributed by atoms with E-state index in [2.05, 4.69) is 10.4 Å². The molecule has 0 aromatic carbocycles. The monoisotopic (exact) mass is 156 g/mol. The van der Waals surface area contributed by atoms with Crippen molar-refractivity contribution in [3.8, 4) is 0 Å². The number of rotatable bonds is 2. The van der Waals surface area contributed by atoms with Crippen molar-refractivity contribution in [1.82, 2.24) is 10.4 Å². The number of nitrogens with zero attached hydrogens (tertiary/aromatic N) is 2. The molecule has 0 aromatic rings. The third kappa shape index (κ3) is 2.48. The molecule has 4 nitrogen and oxygen atoms in total.